The first-order valence-electron chi connectivity index (χ1n) is 6.60. The summed E-state index contributed by atoms with van der Waals surface area (Å²) in [4.78, 5) is 14.5. The van der Waals surface area contributed by atoms with E-state index < -0.39 is 0 Å². The second-order valence-corrected chi connectivity index (χ2v) is 5.62. The number of amides is 1. The van der Waals surface area contributed by atoms with Crippen LogP contribution in [0.2, 0.25) is 0 Å². The fourth-order valence-corrected chi connectivity index (χ4v) is 2.83. The molecule has 1 saturated heterocycles. The molecule has 1 aliphatic rings. The van der Waals surface area contributed by atoms with Gasteiger partial charge in [0.1, 0.15) is 5.82 Å². The molecule has 1 aliphatic heterocycles. The predicted octanol–water partition coefficient (Wildman–Crippen LogP) is 3.22. The van der Waals surface area contributed by atoms with Crippen LogP contribution in [0.4, 0.5) is 4.39 Å². The normalized spacial score (nSPS) is 17.6. The average molecular weight is 366 g/mol. The Morgan fingerprint density at radius 1 is 1.55 bits per heavy atom. The van der Waals surface area contributed by atoms with Gasteiger partial charge < -0.3 is 10.2 Å². The third-order valence-electron chi connectivity index (χ3n) is 3.36. The third-order valence-corrected chi connectivity index (χ3v) is 4.05. The highest BCUT2D eigenvalue weighted by Gasteiger charge is 2.27. The topological polar surface area (TPSA) is 32.3 Å². The van der Waals surface area contributed by atoms with Crippen molar-refractivity contribution in [2.75, 3.05) is 19.6 Å². The van der Waals surface area contributed by atoms with Gasteiger partial charge in [0.25, 0.3) is 5.91 Å². The van der Waals surface area contributed by atoms with Gasteiger partial charge in [-0.25, -0.2) is 4.39 Å². The van der Waals surface area contributed by atoms with Gasteiger partial charge in [-0.1, -0.05) is 6.92 Å². The first-order valence-corrected chi connectivity index (χ1v) is 7.39. The summed E-state index contributed by atoms with van der Waals surface area (Å²) in [7, 11) is 0. The summed E-state index contributed by atoms with van der Waals surface area (Å²) in [6, 6.07) is 4.45. The standard InChI is InChI=1S/C14H18BrFN2O.ClH/c1-2-7-18(11-5-6-17-9-11)14(19)12-8-10(16)3-4-13(12)15;/h3-4,8,11,17H,2,5-7,9H2,1H3;1H. The predicted molar refractivity (Wildman–Crippen MR) is 84.0 cm³/mol. The SMILES string of the molecule is CCCN(C(=O)c1cc(F)ccc1Br)C1CCNC1.Cl. The summed E-state index contributed by atoms with van der Waals surface area (Å²) in [5, 5.41) is 3.26. The summed E-state index contributed by atoms with van der Waals surface area (Å²) in [6.45, 7) is 4.50. The zero-order valence-corrected chi connectivity index (χ0v) is 13.8. The molecule has 1 heterocycles. The maximum Gasteiger partial charge on any atom is 0.255 e. The molecule has 1 N–H and O–H groups in total. The molecule has 0 aromatic heterocycles. The molecule has 6 heteroatoms. The van der Waals surface area contributed by atoms with Gasteiger partial charge in [0, 0.05) is 23.6 Å². The van der Waals surface area contributed by atoms with Crippen LogP contribution < -0.4 is 5.32 Å². The third kappa shape index (κ3) is 3.93. The molecule has 20 heavy (non-hydrogen) atoms. The van der Waals surface area contributed by atoms with Gasteiger partial charge >= 0.3 is 0 Å². The Bertz CT molecular complexity index is 466. The summed E-state index contributed by atoms with van der Waals surface area (Å²) in [5.41, 5.74) is 0.403. The minimum atomic E-state index is -0.382. The highest BCUT2D eigenvalue weighted by molar-refractivity contribution is 9.10. The number of benzene rings is 1. The fraction of sp³-hybridized carbons (Fsp3) is 0.500. The molecule has 1 amide bonds. The van der Waals surface area contributed by atoms with E-state index in [1.165, 1.54) is 12.1 Å². The molecule has 1 atom stereocenters. The highest BCUT2D eigenvalue weighted by Crippen LogP contribution is 2.22. The van der Waals surface area contributed by atoms with Gasteiger partial charge in [0.15, 0.2) is 0 Å². The molecular weight excluding hydrogens is 347 g/mol. The lowest BCUT2D eigenvalue weighted by molar-refractivity contribution is 0.0691. The lowest BCUT2D eigenvalue weighted by atomic mass is 10.1. The van der Waals surface area contributed by atoms with E-state index in [9.17, 15) is 9.18 Å². The van der Waals surface area contributed by atoms with Crippen LogP contribution in [0.15, 0.2) is 22.7 Å². The van der Waals surface area contributed by atoms with Gasteiger partial charge in [-0.05, 0) is 53.5 Å². The molecule has 0 bridgehead atoms. The molecule has 1 unspecified atom stereocenters. The van der Waals surface area contributed by atoms with E-state index in [2.05, 4.69) is 21.2 Å². The Kier molecular flexibility index (Phi) is 6.92. The number of nitrogens with one attached hydrogen (secondary N) is 1. The number of carbonyl (C=O) groups excluding carboxylic acids is 1. The zero-order valence-electron chi connectivity index (χ0n) is 11.4. The summed E-state index contributed by atoms with van der Waals surface area (Å²) < 4.78 is 14.0. The highest BCUT2D eigenvalue weighted by atomic mass is 79.9. The maximum atomic E-state index is 13.3. The van der Waals surface area contributed by atoms with Crippen molar-refractivity contribution in [2.45, 2.75) is 25.8 Å². The molecule has 0 spiro atoms. The molecule has 1 aromatic carbocycles. The van der Waals surface area contributed by atoms with Gasteiger partial charge in [-0.3, -0.25) is 4.79 Å². The van der Waals surface area contributed by atoms with Crippen molar-refractivity contribution < 1.29 is 9.18 Å². The number of nitrogens with zero attached hydrogens (tertiary/aromatic N) is 1. The van der Waals surface area contributed by atoms with Crippen molar-refractivity contribution in [1.82, 2.24) is 10.2 Å². The van der Waals surface area contributed by atoms with Crippen LogP contribution in [-0.2, 0) is 0 Å². The van der Waals surface area contributed by atoms with Crippen LogP contribution in [0, 0.1) is 5.82 Å². The van der Waals surface area contributed by atoms with E-state index in [1.807, 2.05) is 11.8 Å². The summed E-state index contributed by atoms with van der Waals surface area (Å²) in [5.74, 6) is -0.477. The Morgan fingerprint density at radius 3 is 2.90 bits per heavy atom. The Hall–Kier alpha value is -0.650. The quantitative estimate of drug-likeness (QED) is 0.888. The number of hydrogen-bond donors (Lipinski definition) is 1. The van der Waals surface area contributed by atoms with Crippen LogP contribution in [0.1, 0.15) is 30.1 Å². The number of halogens is 3. The van der Waals surface area contributed by atoms with E-state index in [0.717, 1.165) is 25.9 Å². The molecule has 0 radical (unpaired) electrons. The van der Waals surface area contributed by atoms with E-state index in [4.69, 9.17) is 0 Å². The van der Waals surface area contributed by atoms with Crippen LogP contribution >= 0.6 is 28.3 Å². The van der Waals surface area contributed by atoms with Gasteiger partial charge in [0.2, 0.25) is 0 Å². The van der Waals surface area contributed by atoms with Crippen molar-refractivity contribution >= 4 is 34.2 Å². The Labute approximate surface area is 133 Å². The Morgan fingerprint density at radius 2 is 2.30 bits per heavy atom. The maximum absolute atomic E-state index is 13.3. The first kappa shape index (κ1) is 17.4. The van der Waals surface area contributed by atoms with Crippen molar-refractivity contribution in [3.05, 3.63) is 34.1 Å². The smallest absolute Gasteiger partial charge is 0.255 e. The summed E-state index contributed by atoms with van der Waals surface area (Å²) >= 11 is 3.33. The minimum absolute atomic E-state index is 0. The van der Waals surface area contributed by atoms with Crippen LogP contribution in [0.25, 0.3) is 0 Å². The number of rotatable bonds is 4. The second kappa shape index (κ2) is 7.96. The van der Waals surface area contributed by atoms with Crippen molar-refractivity contribution in [3.63, 3.8) is 0 Å². The molecule has 1 fully saturated rings. The molecule has 0 saturated carbocycles. The van der Waals surface area contributed by atoms with Crippen LogP contribution in [0.3, 0.4) is 0 Å². The fourth-order valence-electron chi connectivity index (χ4n) is 2.41. The Balaban J connectivity index is 0.00000200. The largest absolute Gasteiger partial charge is 0.334 e. The van der Waals surface area contributed by atoms with Gasteiger partial charge in [0.05, 0.1) is 5.56 Å². The molecule has 1 aromatic rings. The zero-order chi connectivity index (χ0) is 13.8. The minimum Gasteiger partial charge on any atom is -0.334 e. The van der Waals surface area contributed by atoms with Crippen LogP contribution in [-0.4, -0.2) is 36.5 Å². The van der Waals surface area contributed by atoms with Crippen molar-refractivity contribution in [2.24, 2.45) is 0 Å². The van der Waals surface area contributed by atoms with E-state index >= 15 is 0 Å². The van der Waals surface area contributed by atoms with E-state index in [1.54, 1.807) is 6.07 Å². The van der Waals surface area contributed by atoms with Crippen molar-refractivity contribution in [1.29, 1.82) is 0 Å². The van der Waals surface area contributed by atoms with E-state index in [-0.39, 0.29) is 30.2 Å². The lowest BCUT2D eigenvalue weighted by Crippen LogP contribution is -2.42. The van der Waals surface area contributed by atoms with Gasteiger partial charge in [-0.15, -0.1) is 12.4 Å². The first-order chi connectivity index (χ1) is 9.13. The monoisotopic (exact) mass is 364 g/mol. The molecule has 112 valence electrons. The number of hydrogen-bond acceptors (Lipinski definition) is 2. The molecular formula is C14H19BrClFN2O. The second-order valence-electron chi connectivity index (χ2n) is 4.77. The molecule has 2 rings (SSSR count). The van der Waals surface area contributed by atoms with Crippen molar-refractivity contribution in [3.8, 4) is 0 Å². The van der Waals surface area contributed by atoms with E-state index in [0.29, 0.717) is 16.6 Å². The molecule has 0 aliphatic carbocycles. The summed E-state index contributed by atoms with van der Waals surface area (Å²) in [6.07, 6.45) is 1.86. The van der Waals surface area contributed by atoms with Gasteiger partial charge in [-0.2, -0.15) is 0 Å². The molecule has 3 nitrogen and oxygen atoms in total. The average Bonchev–Trinajstić information content (AvgIpc) is 2.92. The lowest BCUT2D eigenvalue weighted by Gasteiger charge is -2.28. The number of carbonyl (C=O) groups is 1. The van der Waals surface area contributed by atoms with Crippen LogP contribution in [0.5, 0.6) is 0 Å².